The van der Waals surface area contributed by atoms with Gasteiger partial charge in [-0.25, -0.2) is 4.79 Å². The first-order chi connectivity index (χ1) is 9.82. The maximum absolute atomic E-state index is 12.2. The molecule has 0 aliphatic rings. The summed E-state index contributed by atoms with van der Waals surface area (Å²) in [5, 5.41) is 9.24. The summed E-state index contributed by atoms with van der Waals surface area (Å²) in [4.78, 5) is 27.5. The Morgan fingerprint density at radius 3 is 2.52 bits per heavy atom. The van der Waals surface area contributed by atoms with Gasteiger partial charge >= 0.3 is 11.7 Å². The molecule has 1 atom stereocenters. The highest BCUT2D eigenvalue weighted by Crippen LogP contribution is 2.23. The van der Waals surface area contributed by atoms with Gasteiger partial charge in [0.2, 0.25) is 0 Å². The Kier molecular flexibility index (Phi) is 3.93. The van der Waals surface area contributed by atoms with Gasteiger partial charge in [-0.3, -0.25) is 9.36 Å². The summed E-state index contributed by atoms with van der Waals surface area (Å²) in [5.41, 5.74) is 3.00. The van der Waals surface area contributed by atoms with E-state index in [1.165, 1.54) is 4.57 Å². The summed E-state index contributed by atoms with van der Waals surface area (Å²) in [7, 11) is 0. The third kappa shape index (κ3) is 2.72. The third-order valence-electron chi connectivity index (χ3n) is 3.63. The van der Waals surface area contributed by atoms with Crippen molar-refractivity contribution in [2.45, 2.75) is 33.6 Å². The molecular formula is C16H18N2O3. The molecule has 0 aliphatic heterocycles. The molecule has 1 N–H and O–H groups in total. The lowest BCUT2D eigenvalue weighted by Gasteiger charge is -2.18. The van der Waals surface area contributed by atoms with Gasteiger partial charge in [0.1, 0.15) is 0 Å². The Bertz CT molecular complexity index is 763. The smallest absolute Gasteiger partial charge is 0.352 e. The van der Waals surface area contributed by atoms with Gasteiger partial charge in [0.25, 0.3) is 0 Å². The first kappa shape index (κ1) is 15.0. The van der Waals surface area contributed by atoms with E-state index in [4.69, 9.17) is 0 Å². The van der Waals surface area contributed by atoms with Crippen molar-refractivity contribution in [1.82, 2.24) is 9.55 Å². The summed E-state index contributed by atoms with van der Waals surface area (Å²) in [5.74, 6) is -1.65. The van der Waals surface area contributed by atoms with Crippen LogP contribution in [0.5, 0.6) is 0 Å². The van der Waals surface area contributed by atoms with Crippen molar-refractivity contribution >= 4 is 5.97 Å². The number of carbonyl (C=O) groups is 1. The normalized spacial score (nSPS) is 12.2. The zero-order valence-electron chi connectivity index (χ0n) is 12.5. The van der Waals surface area contributed by atoms with Gasteiger partial charge in [0.05, 0.1) is 11.6 Å². The fraction of sp³-hybridized carbons (Fsp3) is 0.312. The second kappa shape index (κ2) is 5.52. The van der Waals surface area contributed by atoms with Crippen LogP contribution in [0.1, 0.15) is 35.4 Å². The minimum atomic E-state index is -0.933. The second-order valence-electron chi connectivity index (χ2n) is 5.21. The molecule has 21 heavy (non-hydrogen) atoms. The molecule has 1 aromatic carbocycles. The number of carboxylic acids is 1. The van der Waals surface area contributed by atoms with Gasteiger partial charge in [-0.15, -0.1) is 0 Å². The summed E-state index contributed by atoms with van der Waals surface area (Å²) in [6.45, 7) is 6.97. The van der Waals surface area contributed by atoms with Crippen LogP contribution in [-0.2, 0) is 4.79 Å². The van der Waals surface area contributed by atoms with E-state index in [1.54, 1.807) is 20.8 Å². The molecule has 110 valence electrons. The summed E-state index contributed by atoms with van der Waals surface area (Å²) in [6.07, 6.45) is 0. The average Bonchev–Trinajstić information content (AvgIpc) is 2.37. The van der Waals surface area contributed by atoms with Crippen LogP contribution in [0.3, 0.4) is 0 Å². The van der Waals surface area contributed by atoms with Crippen LogP contribution in [0.25, 0.3) is 5.69 Å². The molecule has 0 fully saturated rings. The lowest BCUT2D eigenvalue weighted by Crippen LogP contribution is -2.28. The maximum Gasteiger partial charge on any atom is 0.352 e. The SMILES string of the molecule is Cc1cccc(-n2c(C)c(C(C)C(=O)O)c(C)nc2=O)c1. The van der Waals surface area contributed by atoms with E-state index in [2.05, 4.69) is 4.98 Å². The standard InChI is InChI=1S/C16H18N2O3/c1-9-6-5-7-13(8-9)18-12(4)14(10(2)15(19)20)11(3)17-16(18)21/h5-8,10H,1-4H3,(H,19,20). The van der Waals surface area contributed by atoms with Crippen LogP contribution in [0, 0.1) is 20.8 Å². The number of benzene rings is 1. The summed E-state index contributed by atoms with van der Waals surface area (Å²) < 4.78 is 1.47. The Labute approximate surface area is 122 Å². The fourth-order valence-electron chi connectivity index (χ4n) is 2.60. The van der Waals surface area contributed by atoms with E-state index >= 15 is 0 Å². The number of nitrogens with zero attached hydrogens (tertiary/aromatic N) is 2. The van der Waals surface area contributed by atoms with Gasteiger partial charge in [-0.05, 0) is 45.4 Å². The average molecular weight is 286 g/mol. The molecule has 0 spiro atoms. The van der Waals surface area contributed by atoms with E-state index in [0.717, 1.165) is 5.56 Å². The highest BCUT2D eigenvalue weighted by Gasteiger charge is 2.22. The highest BCUT2D eigenvalue weighted by atomic mass is 16.4. The molecular weight excluding hydrogens is 268 g/mol. The molecule has 5 heteroatoms. The highest BCUT2D eigenvalue weighted by molar-refractivity contribution is 5.76. The first-order valence-corrected chi connectivity index (χ1v) is 6.73. The first-order valence-electron chi connectivity index (χ1n) is 6.73. The van der Waals surface area contributed by atoms with Crippen LogP contribution < -0.4 is 5.69 Å². The summed E-state index contributed by atoms with van der Waals surface area (Å²) >= 11 is 0. The van der Waals surface area contributed by atoms with Crippen molar-refractivity contribution in [3.05, 3.63) is 57.3 Å². The third-order valence-corrected chi connectivity index (χ3v) is 3.63. The molecule has 0 bridgehead atoms. The van der Waals surface area contributed by atoms with Crippen molar-refractivity contribution in [2.75, 3.05) is 0 Å². The molecule has 0 saturated carbocycles. The molecule has 1 unspecified atom stereocenters. The number of hydrogen-bond acceptors (Lipinski definition) is 3. The topological polar surface area (TPSA) is 72.2 Å². The zero-order valence-corrected chi connectivity index (χ0v) is 12.5. The van der Waals surface area contributed by atoms with Gasteiger partial charge in [-0.1, -0.05) is 12.1 Å². The molecule has 0 amide bonds. The Balaban J connectivity index is 2.76. The number of carboxylic acid groups (broad SMARTS) is 1. The lowest BCUT2D eigenvalue weighted by atomic mass is 9.98. The van der Waals surface area contributed by atoms with Crippen molar-refractivity contribution in [3.63, 3.8) is 0 Å². The quantitative estimate of drug-likeness (QED) is 0.940. The number of aromatic nitrogens is 2. The van der Waals surface area contributed by atoms with Crippen molar-refractivity contribution < 1.29 is 9.90 Å². The Morgan fingerprint density at radius 2 is 1.95 bits per heavy atom. The molecule has 0 aliphatic carbocycles. The minimum Gasteiger partial charge on any atom is -0.481 e. The van der Waals surface area contributed by atoms with Gasteiger partial charge < -0.3 is 5.11 Å². The van der Waals surface area contributed by atoms with Gasteiger partial charge in [0, 0.05) is 17.0 Å². The van der Waals surface area contributed by atoms with E-state index in [0.29, 0.717) is 22.6 Å². The van der Waals surface area contributed by atoms with Gasteiger partial charge in [0.15, 0.2) is 0 Å². The molecule has 1 aromatic heterocycles. The molecule has 2 rings (SSSR count). The zero-order chi connectivity index (χ0) is 15.7. The van der Waals surface area contributed by atoms with Crippen molar-refractivity contribution in [1.29, 1.82) is 0 Å². The molecule has 0 saturated heterocycles. The van der Waals surface area contributed by atoms with E-state index in [9.17, 15) is 14.7 Å². The molecule has 2 aromatic rings. The van der Waals surface area contributed by atoms with E-state index in [1.807, 2.05) is 31.2 Å². The fourth-order valence-corrected chi connectivity index (χ4v) is 2.60. The maximum atomic E-state index is 12.2. The van der Waals surface area contributed by atoms with E-state index < -0.39 is 17.6 Å². The van der Waals surface area contributed by atoms with Crippen LogP contribution in [0.4, 0.5) is 0 Å². The monoisotopic (exact) mass is 286 g/mol. The number of aliphatic carboxylic acids is 1. The van der Waals surface area contributed by atoms with Gasteiger partial charge in [-0.2, -0.15) is 4.98 Å². The van der Waals surface area contributed by atoms with Crippen molar-refractivity contribution in [2.24, 2.45) is 0 Å². The van der Waals surface area contributed by atoms with Crippen LogP contribution in [-0.4, -0.2) is 20.6 Å². The predicted molar refractivity (Wildman–Crippen MR) is 80.1 cm³/mol. The van der Waals surface area contributed by atoms with Crippen LogP contribution in [0.15, 0.2) is 29.1 Å². The number of aryl methyl sites for hydroxylation is 2. The number of hydrogen-bond donors (Lipinski definition) is 1. The predicted octanol–water partition coefficient (Wildman–Crippen LogP) is 2.35. The molecule has 1 heterocycles. The second-order valence-corrected chi connectivity index (χ2v) is 5.21. The largest absolute Gasteiger partial charge is 0.481 e. The minimum absolute atomic E-state index is 0.392. The van der Waals surface area contributed by atoms with Crippen LogP contribution in [0.2, 0.25) is 0 Å². The molecule has 5 nitrogen and oxygen atoms in total. The lowest BCUT2D eigenvalue weighted by molar-refractivity contribution is -0.138. The Hall–Kier alpha value is -2.43. The van der Waals surface area contributed by atoms with Crippen LogP contribution >= 0.6 is 0 Å². The summed E-state index contributed by atoms with van der Waals surface area (Å²) in [6, 6.07) is 7.48. The van der Waals surface area contributed by atoms with Crippen molar-refractivity contribution in [3.8, 4) is 5.69 Å². The number of rotatable bonds is 3. The Morgan fingerprint density at radius 1 is 1.29 bits per heavy atom. The van der Waals surface area contributed by atoms with E-state index in [-0.39, 0.29) is 0 Å². The molecule has 0 radical (unpaired) electrons.